The van der Waals surface area contributed by atoms with Crippen molar-refractivity contribution in [2.75, 3.05) is 19.6 Å². The van der Waals surface area contributed by atoms with Crippen molar-refractivity contribution in [3.63, 3.8) is 0 Å². The molecule has 3 heteroatoms. The van der Waals surface area contributed by atoms with E-state index >= 15 is 0 Å². The highest BCUT2D eigenvalue weighted by Gasteiger charge is 2.35. The van der Waals surface area contributed by atoms with Crippen LogP contribution in [-0.2, 0) is 0 Å². The third kappa shape index (κ3) is 3.52. The van der Waals surface area contributed by atoms with E-state index in [1.165, 1.54) is 11.1 Å². The van der Waals surface area contributed by atoms with Gasteiger partial charge in [-0.25, -0.2) is 0 Å². The Kier molecular flexibility index (Phi) is 6.01. The van der Waals surface area contributed by atoms with Gasteiger partial charge in [-0.3, -0.25) is 4.90 Å². The van der Waals surface area contributed by atoms with Crippen LogP contribution in [0.15, 0.2) is 60.7 Å². The maximum Gasteiger partial charge on any atom is 0.0320 e. The Balaban J connectivity index is 0.00000176. The molecule has 1 saturated heterocycles. The summed E-state index contributed by atoms with van der Waals surface area (Å²) in [6.45, 7) is 5.25. The summed E-state index contributed by atoms with van der Waals surface area (Å²) in [7, 11) is 0. The average molecular weight is 317 g/mol. The van der Waals surface area contributed by atoms with E-state index in [4.69, 9.17) is 5.73 Å². The van der Waals surface area contributed by atoms with Crippen LogP contribution in [0.25, 0.3) is 0 Å². The van der Waals surface area contributed by atoms with Gasteiger partial charge in [0.05, 0.1) is 0 Å². The summed E-state index contributed by atoms with van der Waals surface area (Å²) in [5.41, 5.74) is 8.85. The molecule has 1 aliphatic rings. The number of likely N-dealkylation sites (tertiary alicyclic amines) is 1. The van der Waals surface area contributed by atoms with Crippen LogP contribution in [0.5, 0.6) is 0 Å². The smallest absolute Gasteiger partial charge is 0.0320 e. The lowest BCUT2D eigenvalue weighted by molar-refractivity contribution is 0.252. The zero-order valence-electron chi connectivity index (χ0n) is 13.1. The quantitative estimate of drug-likeness (QED) is 0.928. The number of hydrogen-bond acceptors (Lipinski definition) is 2. The first-order chi connectivity index (χ1) is 10.3. The van der Waals surface area contributed by atoms with Gasteiger partial charge in [-0.05, 0) is 30.5 Å². The summed E-state index contributed by atoms with van der Waals surface area (Å²) in [6.07, 6.45) is 0. The first-order valence-electron chi connectivity index (χ1n) is 7.83. The molecule has 1 heterocycles. The van der Waals surface area contributed by atoms with Gasteiger partial charge in [0, 0.05) is 25.0 Å². The van der Waals surface area contributed by atoms with Crippen LogP contribution in [0, 0.1) is 5.92 Å². The minimum Gasteiger partial charge on any atom is -0.330 e. The molecule has 3 atom stereocenters. The highest BCUT2D eigenvalue weighted by atomic mass is 35.5. The van der Waals surface area contributed by atoms with Gasteiger partial charge in [-0.15, -0.1) is 12.4 Å². The zero-order valence-corrected chi connectivity index (χ0v) is 13.9. The number of nitrogens with two attached hydrogens (primary N) is 1. The molecule has 0 bridgehead atoms. The molecule has 0 amide bonds. The van der Waals surface area contributed by atoms with E-state index in [0.29, 0.717) is 17.9 Å². The maximum absolute atomic E-state index is 6.04. The fourth-order valence-corrected chi connectivity index (χ4v) is 3.48. The lowest BCUT2D eigenvalue weighted by atomic mass is 9.89. The van der Waals surface area contributed by atoms with Crippen molar-refractivity contribution >= 4 is 12.4 Å². The molecule has 1 fully saturated rings. The molecule has 1 aliphatic heterocycles. The molecule has 3 rings (SSSR count). The van der Waals surface area contributed by atoms with Crippen molar-refractivity contribution in [3.8, 4) is 0 Å². The molecule has 0 aromatic heterocycles. The number of halogens is 1. The Morgan fingerprint density at radius 2 is 1.59 bits per heavy atom. The molecule has 0 saturated carbocycles. The summed E-state index contributed by atoms with van der Waals surface area (Å²) in [5.74, 6) is 1.11. The van der Waals surface area contributed by atoms with Crippen molar-refractivity contribution in [3.05, 3.63) is 71.8 Å². The minimum atomic E-state index is 0. The predicted molar refractivity (Wildman–Crippen MR) is 95.4 cm³/mol. The summed E-state index contributed by atoms with van der Waals surface area (Å²) in [6, 6.07) is 22.0. The molecule has 118 valence electrons. The fourth-order valence-electron chi connectivity index (χ4n) is 3.48. The van der Waals surface area contributed by atoms with Crippen molar-refractivity contribution in [1.82, 2.24) is 4.90 Å². The van der Waals surface area contributed by atoms with Gasteiger partial charge in [0.25, 0.3) is 0 Å². The van der Waals surface area contributed by atoms with Gasteiger partial charge < -0.3 is 5.73 Å². The predicted octanol–water partition coefficient (Wildman–Crippen LogP) is 3.84. The van der Waals surface area contributed by atoms with Gasteiger partial charge >= 0.3 is 0 Å². The molecular weight excluding hydrogens is 292 g/mol. The molecule has 2 nitrogen and oxygen atoms in total. The Morgan fingerprint density at radius 1 is 1.00 bits per heavy atom. The van der Waals surface area contributed by atoms with Crippen molar-refractivity contribution in [2.24, 2.45) is 11.7 Å². The van der Waals surface area contributed by atoms with E-state index in [-0.39, 0.29) is 12.4 Å². The molecular formula is C19H25ClN2. The van der Waals surface area contributed by atoms with Gasteiger partial charge in [0.2, 0.25) is 0 Å². The van der Waals surface area contributed by atoms with E-state index in [1.54, 1.807) is 0 Å². The largest absolute Gasteiger partial charge is 0.330 e. The van der Waals surface area contributed by atoms with E-state index in [9.17, 15) is 0 Å². The van der Waals surface area contributed by atoms with Gasteiger partial charge in [0.15, 0.2) is 0 Å². The number of nitrogens with zero attached hydrogens (tertiary/aromatic N) is 1. The van der Waals surface area contributed by atoms with Crippen LogP contribution in [-0.4, -0.2) is 24.5 Å². The second kappa shape index (κ2) is 7.77. The Bertz CT molecular complexity index is 558. The summed E-state index contributed by atoms with van der Waals surface area (Å²) in [5, 5.41) is 0. The number of hydrogen-bond donors (Lipinski definition) is 1. The van der Waals surface area contributed by atoms with Crippen molar-refractivity contribution in [1.29, 1.82) is 0 Å². The van der Waals surface area contributed by atoms with E-state index in [0.717, 1.165) is 19.6 Å². The SMILES string of the molecule is CC(c1ccccc1)N1C[C@@H](CN)[C@H](c2ccccc2)C1.Cl. The standard InChI is InChI=1S/C19H24N2.ClH/c1-15(16-8-4-2-5-9-16)21-13-18(12-20)19(14-21)17-10-6-3-7-11-17;/h2-11,15,18-19H,12-14,20H2,1H3;1H/t15?,18-,19+;/m1./s1. The molecule has 2 aromatic carbocycles. The van der Waals surface area contributed by atoms with Gasteiger partial charge in [-0.2, -0.15) is 0 Å². The highest BCUT2D eigenvalue weighted by molar-refractivity contribution is 5.85. The van der Waals surface area contributed by atoms with Crippen LogP contribution in [0.1, 0.15) is 30.0 Å². The maximum atomic E-state index is 6.04. The molecule has 2 aromatic rings. The molecule has 22 heavy (non-hydrogen) atoms. The lowest BCUT2D eigenvalue weighted by Gasteiger charge is -2.24. The van der Waals surface area contributed by atoms with Crippen LogP contribution < -0.4 is 5.73 Å². The molecule has 2 N–H and O–H groups in total. The summed E-state index contributed by atoms with van der Waals surface area (Å²) >= 11 is 0. The summed E-state index contributed by atoms with van der Waals surface area (Å²) in [4.78, 5) is 2.57. The van der Waals surface area contributed by atoms with E-state index in [1.807, 2.05) is 0 Å². The van der Waals surface area contributed by atoms with Crippen LogP contribution in [0.3, 0.4) is 0 Å². The third-order valence-electron chi connectivity index (χ3n) is 4.83. The first-order valence-corrected chi connectivity index (χ1v) is 7.83. The first kappa shape index (κ1) is 17.0. The molecule has 0 spiro atoms. The number of rotatable bonds is 4. The Morgan fingerprint density at radius 3 is 2.18 bits per heavy atom. The van der Waals surface area contributed by atoms with Crippen molar-refractivity contribution < 1.29 is 0 Å². The lowest BCUT2D eigenvalue weighted by Crippen LogP contribution is -2.26. The van der Waals surface area contributed by atoms with E-state index in [2.05, 4.69) is 72.5 Å². The monoisotopic (exact) mass is 316 g/mol. The van der Waals surface area contributed by atoms with Crippen LogP contribution >= 0.6 is 12.4 Å². The van der Waals surface area contributed by atoms with Crippen molar-refractivity contribution in [2.45, 2.75) is 18.9 Å². The second-order valence-corrected chi connectivity index (χ2v) is 6.05. The minimum absolute atomic E-state index is 0. The molecule has 0 aliphatic carbocycles. The van der Waals surface area contributed by atoms with Crippen LogP contribution in [0.2, 0.25) is 0 Å². The van der Waals surface area contributed by atoms with E-state index < -0.39 is 0 Å². The average Bonchev–Trinajstić information content (AvgIpc) is 3.00. The zero-order chi connectivity index (χ0) is 14.7. The number of benzene rings is 2. The molecule has 1 unspecified atom stereocenters. The second-order valence-electron chi connectivity index (χ2n) is 6.05. The topological polar surface area (TPSA) is 29.3 Å². The van der Waals surface area contributed by atoms with Gasteiger partial charge in [0.1, 0.15) is 0 Å². The summed E-state index contributed by atoms with van der Waals surface area (Å²) < 4.78 is 0. The van der Waals surface area contributed by atoms with Crippen LogP contribution in [0.4, 0.5) is 0 Å². The normalized spacial score (nSPS) is 23.0. The molecule has 0 radical (unpaired) electrons. The van der Waals surface area contributed by atoms with Gasteiger partial charge in [-0.1, -0.05) is 60.7 Å². The third-order valence-corrected chi connectivity index (χ3v) is 4.83. The Hall–Kier alpha value is -1.35. The Labute approximate surface area is 139 Å². The fraction of sp³-hybridized carbons (Fsp3) is 0.368. The highest BCUT2D eigenvalue weighted by Crippen LogP contribution is 2.36.